The number of carbonyl (C=O) groups excluding carboxylic acids is 1. The van der Waals surface area contributed by atoms with Crippen molar-refractivity contribution in [3.63, 3.8) is 0 Å². The minimum absolute atomic E-state index is 0.272. The van der Waals surface area contributed by atoms with E-state index in [1.165, 1.54) is 11.2 Å². The van der Waals surface area contributed by atoms with Crippen molar-refractivity contribution in [3.8, 4) is 0 Å². The summed E-state index contributed by atoms with van der Waals surface area (Å²) in [6.07, 6.45) is -2.93. The Labute approximate surface area is 95.5 Å². The summed E-state index contributed by atoms with van der Waals surface area (Å²) >= 11 is 0. The quantitative estimate of drug-likeness (QED) is 0.796. The molecule has 2 heterocycles. The zero-order valence-corrected chi connectivity index (χ0v) is 8.87. The van der Waals surface area contributed by atoms with E-state index in [1.54, 1.807) is 6.20 Å². The summed E-state index contributed by atoms with van der Waals surface area (Å²) in [4.78, 5) is 20.7. The van der Waals surface area contributed by atoms with Crippen LogP contribution in [0.4, 0.5) is 13.2 Å². The average Bonchev–Trinajstić information content (AvgIpc) is 2.68. The van der Waals surface area contributed by atoms with Gasteiger partial charge in [-0.3, -0.25) is 4.79 Å². The van der Waals surface area contributed by atoms with E-state index in [0.29, 0.717) is 12.2 Å². The van der Waals surface area contributed by atoms with Crippen LogP contribution >= 0.6 is 0 Å². The fourth-order valence-corrected chi connectivity index (χ4v) is 1.68. The molecular weight excluding hydrogens is 235 g/mol. The Kier molecular flexibility index (Phi) is 2.99. The van der Waals surface area contributed by atoms with Gasteiger partial charge in [0.25, 0.3) is 0 Å². The molecule has 0 saturated carbocycles. The molecule has 1 aliphatic rings. The molecule has 7 heteroatoms. The first-order valence-corrected chi connectivity index (χ1v) is 5.08. The van der Waals surface area contributed by atoms with Gasteiger partial charge in [-0.15, -0.1) is 0 Å². The molecule has 0 aliphatic carbocycles. The minimum atomic E-state index is -4.29. The van der Waals surface area contributed by atoms with Crippen LogP contribution < -0.4 is 0 Å². The Morgan fingerprint density at radius 3 is 2.82 bits per heavy atom. The lowest BCUT2D eigenvalue weighted by molar-refractivity contribution is -0.149. The second-order valence-corrected chi connectivity index (χ2v) is 3.86. The van der Waals surface area contributed by atoms with Gasteiger partial charge in [-0.05, 0) is 0 Å². The van der Waals surface area contributed by atoms with Gasteiger partial charge in [0.15, 0.2) is 0 Å². The minimum Gasteiger partial charge on any atom is -0.332 e. The van der Waals surface area contributed by atoms with Gasteiger partial charge in [-0.1, -0.05) is 0 Å². The van der Waals surface area contributed by atoms with Crippen molar-refractivity contribution in [1.82, 2.24) is 14.9 Å². The highest BCUT2D eigenvalue weighted by molar-refractivity contribution is 5.76. The van der Waals surface area contributed by atoms with Crippen molar-refractivity contribution in [1.29, 1.82) is 0 Å². The van der Waals surface area contributed by atoms with E-state index in [9.17, 15) is 18.0 Å². The van der Waals surface area contributed by atoms with Crippen molar-refractivity contribution in [3.05, 3.63) is 23.8 Å². The smallest absolute Gasteiger partial charge is 0.332 e. The third-order valence-electron chi connectivity index (χ3n) is 2.56. The van der Waals surface area contributed by atoms with Crippen molar-refractivity contribution in [2.45, 2.75) is 32.1 Å². The van der Waals surface area contributed by atoms with Crippen LogP contribution in [0.1, 0.15) is 24.1 Å². The molecule has 17 heavy (non-hydrogen) atoms. The van der Waals surface area contributed by atoms with Gasteiger partial charge < -0.3 is 4.90 Å². The molecular formula is C10H10F3N3O. The van der Waals surface area contributed by atoms with Gasteiger partial charge in [-0.2, -0.15) is 13.2 Å². The molecule has 0 spiro atoms. The zero-order valence-electron chi connectivity index (χ0n) is 8.87. The lowest BCUT2D eigenvalue weighted by Crippen LogP contribution is -2.26. The molecule has 0 saturated heterocycles. The van der Waals surface area contributed by atoms with Crippen molar-refractivity contribution in [2.75, 3.05) is 0 Å². The summed E-state index contributed by atoms with van der Waals surface area (Å²) in [5.41, 5.74) is 1.51. The van der Waals surface area contributed by atoms with Crippen LogP contribution in [0.5, 0.6) is 0 Å². The molecule has 0 fully saturated rings. The third kappa shape index (κ3) is 2.92. The highest BCUT2D eigenvalue weighted by Gasteiger charge is 2.31. The Bertz CT molecular complexity index is 408. The molecule has 1 amide bonds. The SMILES string of the molecule is O=C(CCC(F)(F)F)N1Cc2cncnc2C1. The number of rotatable bonds is 2. The lowest BCUT2D eigenvalue weighted by atomic mass is 10.2. The molecule has 0 N–H and O–H groups in total. The maximum absolute atomic E-state index is 12.0. The molecule has 0 aromatic carbocycles. The van der Waals surface area contributed by atoms with E-state index in [0.717, 1.165) is 5.56 Å². The van der Waals surface area contributed by atoms with Crippen LogP contribution in [-0.2, 0) is 17.9 Å². The standard InChI is InChI=1S/C10H10F3N3O/c11-10(12,13)2-1-9(17)16-4-7-3-14-6-15-8(7)5-16/h3,6H,1-2,4-5H2. The average molecular weight is 245 g/mol. The van der Waals surface area contributed by atoms with E-state index < -0.39 is 24.9 Å². The molecule has 4 nitrogen and oxygen atoms in total. The largest absolute Gasteiger partial charge is 0.389 e. The van der Waals surface area contributed by atoms with Crippen LogP contribution in [0.3, 0.4) is 0 Å². The molecule has 92 valence electrons. The molecule has 1 aliphatic heterocycles. The molecule has 1 aromatic heterocycles. The summed E-state index contributed by atoms with van der Waals surface area (Å²) in [5, 5.41) is 0. The Morgan fingerprint density at radius 2 is 2.18 bits per heavy atom. The van der Waals surface area contributed by atoms with E-state index in [1.807, 2.05) is 0 Å². The summed E-state index contributed by atoms with van der Waals surface area (Å²) < 4.78 is 35.9. The normalized spacial score (nSPS) is 14.9. The van der Waals surface area contributed by atoms with Gasteiger partial charge in [0, 0.05) is 24.7 Å². The first-order chi connectivity index (χ1) is 7.96. The number of aromatic nitrogens is 2. The van der Waals surface area contributed by atoms with Gasteiger partial charge in [0.05, 0.1) is 18.7 Å². The molecule has 0 atom stereocenters. The molecule has 0 unspecified atom stereocenters. The van der Waals surface area contributed by atoms with Crippen LogP contribution in [-0.4, -0.2) is 27.0 Å². The van der Waals surface area contributed by atoms with Gasteiger partial charge in [-0.25, -0.2) is 9.97 Å². The summed E-state index contributed by atoms with van der Waals surface area (Å²) in [5.74, 6) is -0.500. The molecule has 1 aromatic rings. The number of amides is 1. The van der Waals surface area contributed by atoms with Crippen molar-refractivity contribution >= 4 is 5.91 Å². The van der Waals surface area contributed by atoms with Crippen LogP contribution in [0.25, 0.3) is 0 Å². The summed E-state index contributed by atoms with van der Waals surface area (Å²) in [6.45, 7) is 0.571. The van der Waals surface area contributed by atoms with Crippen molar-refractivity contribution in [2.24, 2.45) is 0 Å². The van der Waals surface area contributed by atoms with E-state index >= 15 is 0 Å². The lowest BCUT2D eigenvalue weighted by Gasteiger charge is -2.15. The second kappa shape index (κ2) is 4.31. The van der Waals surface area contributed by atoms with Crippen LogP contribution in [0.2, 0.25) is 0 Å². The van der Waals surface area contributed by atoms with Crippen LogP contribution in [0.15, 0.2) is 12.5 Å². The van der Waals surface area contributed by atoms with Gasteiger partial charge >= 0.3 is 6.18 Å². The topological polar surface area (TPSA) is 46.1 Å². The predicted octanol–water partition coefficient (Wildman–Crippen LogP) is 1.66. The van der Waals surface area contributed by atoms with Gasteiger partial charge in [0.2, 0.25) is 5.91 Å². The van der Waals surface area contributed by atoms with Crippen LogP contribution in [0, 0.1) is 0 Å². The molecule has 0 bridgehead atoms. The van der Waals surface area contributed by atoms with Gasteiger partial charge in [0.1, 0.15) is 6.33 Å². The number of hydrogen-bond donors (Lipinski definition) is 0. The highest BCUT2D eigenvalue weighted by Crippen LogP contribution is 2.24. The predicted molar refractivity (Wildman–Crippen MR) is 51.6 cm³/mol. The fourth-order valence-electron chi connectivity index (χ4n) is 1.68. The zero-order chi connectivity index (χ0) is 12.5. The fraction of sp³-hybridized carbons (Fsp3) is 0.500. The van der Waals surface area contributed by atoms with E-state index in [2.05, 4.69) is 9.97 Å². The number of hydrogen-bond acceptors (Lipinski definition) is 3. The Morgan fingerprint density at radius 1 is 1.41 bits per heavy atom. The number of carbonyl (C=O) groups is 1. The van der Waals surface area contributed by atoms with E-state index in [4.69, 9.17) is 0 Å². The third-order valence-corrected chi connectivity index (χ3v) is 2.56. The van der Waals surface area contributed by atoms with E-state index in [-0.39, 0.29) is 6.54 Å². The van der Waals surface area contributed by atoms with Crippen molar-refractivity contribution < 1.29 is 18.0 Å². The number of halogens is 3. The highest BCUT2D eigenvalue weighted by atomic mass is 19.4. The monoisotopic (exact) mass is 245 g/mol. The maximum Gasteiger partial charge on any atom is 0.389 e. The Hall–Kier alpha value is -1.66. The number of alkyl halides is 3. The summed E-state index contributed by atoms with van der Waals surface area (Å²) in [7, 11) is 0. The maximum atomic E-state index is 12.0. The molecule has 2 rings (SSSR count). The summed E-state index contributed by atoms with van der Waals surface area (Å²) in [6, 6.07) is 0. The number of fused-ring (bicyclic) bond motifs is 1. The second-order valence-electron chi connectivity index (χ2n) is 3.86. The first-order valence-electron chi connectivity index (χ1n) is 5.08. The first kappa shape index (κ1) is 11.8. The molecule has 0 radical (unpaired) electrons. The Balaban J connectivity index is 1.92. The number of nitrogens with zero attached hydrogens (tertiary/aromatic N) is 3.